The van der Waals surface area contributed by atoms with Crippen molar-refractivity contribution in [3.05, 3.63) is 5.21 Å². The third-order valence-corrected chi connectivity index (χ3v) is 3.40. The van der Waals surface area contributed by atoms with E-state index in [0.29, 0.717) is 13.2 Å². The van der Waals surface area contributed by atoms with Gasteiger partial charge in [-0.15, -0.1) is 0 Å². The minimum atomic E-state index is -0.836. The van der Waals surface area contributed by atoms with Gasteiger partial charge in [0.15, 0.2) is 6.04 Å². The van der Waals surface area contributed by atoms with Crippen LogP contribution in [0.1, 0.15) is 39.5 Å². The molecule has 122 valence electrons. The zero-order valence-electron chi connectivity index (χ0n) is 12.9. The molecule has 0 aromatic heterocycles. The third kappa shape index (κ3) is 5.89. The SMILES string of the molecule is CCCCOC(=O)C1C[NH+]([O-])CCN1C(=O)OCCCC. The van der Waals surface area contributed by atoms with Gasteiger partial charge in [0.1, 0.15) is 6.54 Å². The number of unbranched alkanes of at least 4 members (excludes halogenated alkanes) is 2. The molecule has 1 fully saturated rings. The molecule has 0 aromatic rings. The Labute approximate surface area is 125 Å². The van der Waals surface area contributed by atoms with Gasteiger partial charge in [0.2, 0.25) is 0 Å². The van der Waals surface area contributed by atoms with Gasteiger partial charge in [-0.05, 0) is 12.8 Å². The average molecular weight is 302 g/mol. The predicted molar refractivity (Wildman–Crippen MR) is 76.7 cm³/mol. The van der Waals surface area contributed by atoms with Gasteiger partial charge in [-0.1, -0.05) is 26.7 Å². The van der Waals surface area contributed by atoms with Crippen molar-refractivity contribution in [3.8, 4) is 0 Å². The number of carbonyl (C=O) groups excluding carboxylic acids is 2. The van der Waals surface area contributed by atoms with Gasteiger partial charge < -0.3 is 19.7 Å². The van der Waals surface area contributed by atoms with E-state index >= 15 is 0 Å². The Kier molecular flexibility index (Phi) is 8.07. The summed E-state index contributed by atoms with van der Waals surface area (Å²) in [6, 6.07) is -0.836. The highest BCUT2D eigenvalue weighted by molar-refractivity contribution is 5.81. The summed E-state index contributed by atoms with van der Waals surface area (Å²) in [7, 11) is 0. The summed E-state index contributed by atoms with van der Waals surface area (Å²) in [6.07, 6.45) is 2.86. The number of nitrogens with one attached hydrogen (secondary N) is 1. The van der Waals surface area contributed by atoms with Crippen molar-refractivity contribution < 1.29 is 24.1 Å². The van der Waals surface area contributed by atoms with Crippen LogP contribution in [0.4, 0.5) is 4.79 Å². The maximum Gasteiger partial charge on any atom is 0.410 e. The molecule has 0 spiro atoms. The fourth-order valence-corrected chi connectivity index (χ4v) is 2.06. The number of hydrogen-bond donors (Lipinski definition) is 1. The van der Waals surface area contributed by atoms with E-state index in [0.717, 1.165) is 25.7 Å². The van der Waals surface area contributed by atoms with E-state index in [1.807, 2.05) is 13.8 Å². The van der Waals surface area contributed by atoms with Crippen molar-refractivity contribution >= 4 is 12.1 Å². The minimum Gasteiger partial charge on any atom is -0.634 e. The molecule has 7 nitrogen and oxygen atoms in total. The van der Waals surface area contributed by atoms with Crippen LogP contribution >= 0.6 is 0 Å². The lowest BCUT2D eigenvalue weighted by atomic mass is 10.2. The second-order valence-electron chi connectivity index (χ2n) is 5.19. The van der Waals surface area contributed by atoms with Gasteiger partial charge in [0.05, 0.1) is 26.3 Å². The molecule has 0 aromatic carbocycles. The van der Waals surface area contributed by atoms with Gasteiger partial charge in [0, 0.05) is 0 Å². The normalized spacial score (nSPS) is 22.0. The van der Waals surface area contributed by atoms with Gasteiger partial charge in [0.25, 0.3) is 0 Å². The van der Waals surface area contributed by atoms with Gasteiger partial charge in [-0.3, -0.25) is 4.90 Å². The molecule has 0 saturated carbocycles. The molecule has 2 atom stereocenters. The molecule has 21 heavy (non-hydrogen) atoms. The van der Waals surface area contributed by atoms with Crippen LogP contribution in [-0.4, -0.2) is 55.9 Å². The second-order valence-corrected chi connectivity index (χ2v) is 5.19. The Morgan fingerprint density at radius 2 is 1.81 bits per heavy atom. The van der Waals surface area contributed by atoms with Gasteiger partial charge >= 0.3 is 12.1 Å². The molecule has 1 saturated heterocycles. The molecule has 1 rings (SSSR count). The van der Waals surface area contributed by atoms with Crippen molar-refractivity contribution in [1.82, 2.24) is 4.90 Å². The average Bonchev–Trinajstić information content (AvgIpc) is 2.47. The Bertz CT molecular complexity index is 337. The third-order valence-electron chi connectivity index (χ3n) is 3.40. The minimum absolute atomic E-state index is 0.0217. The van der Waals surface area contributed by atoms with Crippen molar-refractivity contribution in [2.45, 2.75) is 45.6 Å². The fourth-order valence-electron chi connectivity index (χ4n) is 2.06. The van der Waals surface area contributed by atoms with Crippen LogP contribution in [0, 0.1) is 5.21 Å². The number of esters is 1. The summed E-state index contributed by atoms with van der Waals surface area (Å²) in [5.41, 5.74) is 0. The molecule has 1 heterocycles. The zero-order valence-corrected chi connectivity index (χ0v) is 12.9. The van der Waals surface area contributed by atoms with E-state index < -0.39 is 18.1 Å². The van der Waals surface area contributed by atoms with E-state index in [9.17, 15) is 14.8 Å². The fraction of sp³-hybridized carbons (Fsp3) is 0.857. The predicted octanol–water partition coefficient (Wildman–Crippen LogP) is 0.333. The number of piperazine rings is 1. The van der Waals surface area contributed by atoms with Crippen LogP contribution in [-0.2, 0) is 14.3 Å². The lowest BCUT2D eigenvalue weighted by molar-refractivity contribution is -0.855. The molecule has 0 aliphatic carbocycles. The number of hydroxylamine groups is 2. The van der Waals surface area contributed by atoms with E-state index in [2.05, 4.69) is 0 Å². The lowest BCUT2D eigenvalue weighted by Crippen LogP contribution is -3.11. The van der Waals surface area contributed by atoms with E-state index in [-0.39, 0.29) is 24.7 Å². The Balaban J connectivity index is 2.56. The van der Waals surface area contributed by atoms with Crippen LogP contribution in [0.2, 0.25) is 0 Å². The highest BCUT2D eigenvalue weighted by atomic mass is 16.6. The molecular formula is C14H26N2O5. The summed E-state index contributed by atoms with van der Waals surface area (Å²) in [5.74, 6) is -0.510. The molecule has 1 aliphatic rings. The van der Waals surface area contributed by atoms with E-state index in [4.69, 9.17) is 9.47 Å². The first-order valence-corrected chi connectivity index (χ1v) is 7.71. The number of quaternary nitrogens is 1. The summed E-state index contributed by atoms with van der Waals surface area (Å²) in [5, 5.41) is 11.5. The maximum absolute atomic E-state index is 12.0. The molecule has 1 amide bonds. The zero-order chi connectivity index (χ0) is 15.7. The standard InChI is InChI=1S/C14H26N2O5/c1-3-5-9-20-13(17)12-11-15(19)7-8-16(12)14(18)21-10-6-4-2/h12,15H,3-11H2,1-2H3. The monoisotopic (exact) mass is 302 g/mol. The quantitative estimate of drug-likeness (QED) is 0.416. The Morgan fingerprint density at radius 1 is 1.19 bits per heavy atom. The van der Waals surface area contributed by atoms with E-state index in [1.165, 1.54) is 4.90 Å². The molecule has 2 unspecified atom stereocenters. The lowest BCUT2D eigenvalue weighted by Gasteiger charge is -2.38. The number of rotatable bonds is 7. The smallest absolute Gasteiger partial charge is 0.410 e. The van der Waals surface area contributed by atoms with Crippen molar-refractivity contribution in [2.75, 3.05) is 32.8 Å². The van der Waals surface area contributed by atoms with Crippen LogP contribution < -0.4 is 5.06 Å². The first-order valence-electron chi connectivity index (χ1n) is 7.71. The summed E-state index contributed by atoms with van der Waals surface area (Å²) >= 11 is 0. The number of ether oxygens (including phenoxy) is 2. The van der Waals surface area contributed by atoms with Gasteiger partial charge in [-0.2, -0.15) is 0 Å². The summed E-state index contributed by atoms with van der Waals surface area (Å²) < 4.78 is 10.3. The van der Waals surface area contributed by atoms with Crippen molar-refractivity contribution in [1.29, 1.82) is 0 Å². The topological polar surface area (TPSA) is 83.3 Å². The number of hydrogen-bond acceptors (Lipinski definition) is 5. The number of amides is 1. The summed E-state index contributed by atoms with van der Waals surface area (Å²) in [6.45, 7) is 5.15. The number of carbonyl (C=O) groups is 2. The highest BCUT2D eigenvalue weighted by Gasteiger charge is 2.37. The molecule has 0 bridgehead atoms. The molecule has 7 heteroatoms. The van der Waals surface area contributed by atoms with Crippen molar-refractivity contribution in [3.63, 3.8) is 0 Å². The van der Waals surface area contributed by atoms with Crippen LogP contribution in [0.25, 0.3) is 0 Å². The van der Waals surface area contributed by atoms with E-state index in [1.54, 1.807) is 0 Å². The van der Waals surface area contributed by atoms with Crippen LogP contribution in [0.15, 0.2) is 0 Å². The largest absolute Gasteiger partial charge is 0.634 e. The van der Waals surface area contributed by atoms with Gasteiger partial charge in [-0.25, -0.2) is 9.59 Å². The van der Waals surface area contributed by atoms with Crippen LogP contribution in [0.3, 0.4) is 0 Å². The number of nitrogens with zero attached hydrogens (tertiary/aromatic N) is 1. The molecule has 1 N–H and O–H groups in total. The second kappa shape index (κ2) is 9.57. The Hall–Kier alpha value is -1.34. The first kappa shape index (κ1) is 17.7. The van der Waals surface area contributed by atoms with Crippen LogP contribution in [0.5, 0.6) is 0 Å². The molecular weight excluding hydrogens is 276 g/mol. The highest BCUT2D eigenvalue weighted by Crippen LogP contribution is 2.07. The van der Waals surface area contributed by atoms with Crippen molar-refractivity contribution in [2.24, 2.45) is 0 Å². The summed E-state index contributed by atoms with van der Waals surface area (Å²) in [4.78, 5) is 25.4. The Morgan fingerprint density at radius 3 is 2.43 bits per heavy atom. The molecule has 1 aliphatic heterocycles. The first-order chi connectivity index (χ1) is 10.1. The molecule has 0 radical (unpaired) electrons. The maximum atomic E-state index is 12.0.